The normalized spacial score (nSPS) is 28.7. The van der Waals surface area contributed by atoms with Gasteiger partial charge in [-0.05, 0) is 31.6 Å². The van der Waals surface area contributed by atoms with Crippen LogP contribution in [0.2, 0.25) is 0 Å². The molecule has 0 radical (unpaired) electrons. The molecule has 0 aromatic heterocycles. The first-order chi connectivity index (χ1) is 5.38. The Morgan fingerprint density at radius 1 is 1.55 bits per heavy atom. The van der Waals surface area contributed by atoms with Crippen molar-refractivity contribution in [2.75, 3.05) is 0 Å². The fourth-order valence-electron chi connectivity index (χ4n) is 1.32. The van der Waals surface area contributed by atoms with Gasteiger partial charge in [0.1, 0.15) is 0 Å². The summed E-state index contributed by atoms with van der Waals surface area (Å²) >= 11 is 0. The molecule has 1 heteroatoms. The molecule has 0 heterocycles. The first kappa shape index (κ1) is 8.33. The topological polar surface area (TPSA) is 23.8 Å². The van der Waals surface area contributed by atoms with Crippen LogP contribution in [0.1, 0.15) is 32.6 Å². The van der Waals surface area contributed by atoms with Gasteiger partial charge in [0.05, 0.1) is 6.07 Å². The van der Waals surface area contributed by atoms with E-state index in [9.17, 15) is 0 Å². The van der Waals surface area contributed by atoms with Crippen LogP contribution in [-0.4, -0.2) is 0 Å². The summed E-state index contributed by atoms with van der Waals surface area (Å²) in [6, 6.07) is 2.31. The lowest BCUT2D eigenvalue weighted by molar-refractivity contribution is 0.710. The first-order valence-electron chi connectivity index (χ1n) is 4.43. The third-order valence-corrected chi connectivity index (χ3v) is 2.19. The minimum absolute atomic E-state index is 0.394. The molecule has 0 aliphatic heterocycles. The van der Waals surface area contributed by atoms with Crippen molar-refractivity contribution < 1.29 is 0 Å². The second kappa shape index (κ2) is 4.18. The Morgan fingerprint density at radius 3 is 2.91 bits per heavy atom. The summed E-state index contributed by atoms with van der Waals surface area (Å²) in [4.78, 5) is 0. The van der Waals surface area contributed by atoms with E-state index in [1.807, 2.05) is 0 Å². The van der Waals surface area contributed by atoms with Gasteiger partial charge >= 0.3 is 0 Å². The highest BCUT2D eigenvalue weighted by Gasteiger charge is 2.35. The molecule has 60 valence electrons. The van der Waals surface area contributed by atoms with Gasteiger partial charge in [-0.25, -0.2) is 0 Å². The summed E-state index contributed by atoms with van der Waals surface area (Å²) in [5.41, 5.74) is 0. The van der Waals surface area contributed by atoms with Crippen molar-refractivity contribution in [3.63, 3.8) is 0 Å². The van der Waals surface area contributed by atoms with E-state index in [0.29, 0.717) is 5.92 Å². The molecule has 1 aliphatic rings. The third kappa shape index (κ3) is 2.76. The van der Waals surface area contributed by atoms with Gasteiger partial charge in [0.2, 0.25) is 0 Å². The maximum absolute atomic E-state index is 8.51. The molecule has 1 rings (SSSR count). The molecular weight excluding hydrogens is 134 g/mol. The highest BCUT2D eigenvalue weighted by Crippen LogP contribution is 2.41. The summed E-state index contributed by atoms with van der Waals surface area (Å²) in [7, 11) is 0. The van der Waals surface area contributed by atoms with Gasteiger partial charge in [-0.3, -0.25) is 0 Å². The molecule has 2 unspecified atom stereocenters. The Labute approximate surface area is 68.7 Å². The van der Waals surface area contributed by atoms with Gasteiger partial charge in [-0.2, -0.15) is 5.26 Å². The molecule has 0 spiro atoms. The van der Waals surface area contributed by atoms with Crippen molar-refractivity contribution in [1.82, 2.24) is 0 Å². The van der Waals surface area contributed by atoms with Crippen molar-refractivity contribution in [2.45, 2.75) is 32.6 Å². The molecule has 0 saturated heterocycles. The van der Waals surface area contributed by atoms with Crippen LogP contribution in [0.4, 0.5) is 0 Å². The number of hydrogen-bond donors (Lipinski definition) is 0. The number of rotatable bonds is 4. The fourth-order valence-corrected chi connectivity index (χ4v) is 1.32. The highest BCUT2D eigenvalue weighted by atomic mass is 14.4. The fraction of sp³-hybridized carbons (Fsp3) is 0.700. The minimum Gasteiger partial charge on any atom is -0.198 e. The van der Waals surface area contributed by atoms with Crippen molar-refractivity contribution in [2.24, 2.45) is 11.8 Å². The summed E-state index contributed by atoms with van der Waals surface area (Å²) in [5.74, 6) is 1.12. The van der Waals surface area contributed by atoms with Crippen LogP contribution >= 0.6 is 0 Å². The standard InChI is InChI=1S/C10H15N/c1-2-3-4-5-6-9-7-10(9)8-11/h3-4,9-10H,2,5-7H2,1H3. The number of nitriles is 1. The molecule has 1 saturated carbocycles. The van der Waals surface area contributed by atoms with Crippen LogP contribution in [0.3, 0.4) is 0 Å². The number of hydrogen-bond acceptors (Lipinski definition) is 1. The van der Waals surface area contributed by atoms with E-state index in [0.717, 1.165) is 25.2 Å². The van der Waals surface area contributed by atoms with Gasteiger partial charge in [0.25, 0.3) is 0 Å². The molecule has 0 N–H and O–H groups in total. The number of allylic oxidation sites excluding steroid dienone is 2. The lowest BCUT2D eigenvalue weighted by atomic mass is 10.2. The second-order valence-electron chi connectivity index (χ2n) is 3.19. The molecule has 1 fully saturated rings. The van der Waals surface area contributed by atoms with Crippen LogP contribution in [-0.2, 0) is 0 Å². The Kier molecular flexibility index (Phi) is 3.16. The van der Waals surface area contributed by atoms with Gasteiger partial charge in [0, 0.05) is 5.92 Å². The van der Waals surface area contributed by atoms with Gasteiger partial charge < -0.3 is 0 Å². The zero-order chi connectivity index (χ0) is 8.10. The van der Waals surface area contributed by atoms with Gasteiger partial charge in [0.15, 0.2) is 0 Å². The molecule has 0 aromatic carbocycles. The zero-order valence-corrected chi connectivity index (χ0v) is 7.09. The predicted molar refractivity (Wildman–Crippen MR) is 45.9 cm³/mol. The Bertz CT molecular complexity index is 176. The van der Waals surface area contributed by atoms with Crippen molar-refractivity contribution >= 4 is 0 Å². The van der Waals surface area contributed by atoms with E-state index < -0.39 is 0 Å². The molecule has 2 atom stereocenters. The summed E-state index contributed by atoms with van der Waals surface area (Å²) in [6.45, 7) is 2.14. The highest BCUT2D eigenvalue weighted by molar-refractivity contribution is 5.01. The van der Waals surface area contributed by atoms with E-state index in [-0.39, 0.29) is 0 Å². The molecule has 0 bridgehead atoms. The van der Waals surface area contributed by atoms with Crippen LogP contribution in [0.5, 0.6) is 0 Å². The van der Waals surface area contributed by atoms with Crippen molar-refractivity contribution in [3.8, 4) is 6.07 Å². The van der Waals surface area contributed by atoms with Crippen molar-refractivity contribution in [1.29, 1.82) is 5.26 Å². The smallest absolute Gasteiger partial charge is 0.0658 e. The SMILES string of the molecule is CCC=CCCC1CC1C#N. The maximum Gasteiger partial charge on any atom is 0.0658 e. The molecule has 11 heavy (non-hydrogen) atoms. The van der Waals surface area contributed by atoms with E-state index in [1.165, 1.54) is 6.42 Å². The summed E-state index contributed by atoms with van der Waals surface area (Å²) in [5, 5.41) is 8.51. The average molecular weight is 149 g/mol. The molecule has 1 aliphatic carbocycles. The zero-order valence-electron chi connectivity index (χ0n) is 7.09. The van der Waals surface area contributed by atoms with E-state index in [1.54, 1.807) is 0 Å². The van der Waals surface area contributed by atoms with Crippen LogP contribution in [0, 0.1) is 23.2 Å². The van der Waals surface area contributed by atoms with E-state index in [2.05, 4.69) is 25.1 Å². The monoisotopic (exact) mass is 149 g/mol. The molecular formula is C10H15N. The lowest BCUT2D eigenvalue weighted by Crippen LogP contribution is -1.77. The third-order valence-electron chi connectivity index (χ3n) is 2.19. The summed E-state index contributed by atoms with van der Waals surface area (Å²) in [6.07, 6.45) is 9.09. The Balaban J connectivity index is 1.98. The maximum atomic E-state index is 8.51. The van der Waals surface area contributed by atoms with Crippen molar-refractivity contribution in [3.05, 3.63) is 12.2 Å². The van der Waals surface area contributed by atoms with Gasteiger partial charge in [-0.1, -0.05) is 19.1 Å². The molecule has 1 nitrogen and oxygen atoms in total. The summed E-state index contributed by atoms with van der Waals surface area (Å²) < 4.78 is 0. The van der Waals surface area contributed by atoms with Crippen LogP contribution in [0.25, 0.3) is 0 Å². The van der Waals surface area contributed by atoms with E-state index >= 15 is 0 Å². The minimum atomic E-state index is 0.394. The van der Waals surface area contributed by atoms with Crippen LogP contribution in [0.15, 0.2) is 12.2 Å². The van der Waals surface area contributed by atoms with Gasteiger partial charge in [-0.15, -0.1) is 0 Å². The molecule has 0 aromatic rings. The number of nitrogens with zero attached hydrogens (tertiary/aromatic N) is 1. The molecule has 0 amide bonds. The van der Waals surface area contributed by atoms with E-state index in [4.69, 9.17) is 5.26 Å². The quantitative estimate of drug-likeness (QED) is 0.564. The second-order valence-corrected chi connectivity index (χ2v) is 3.19. The van der Waals surface area contributed by atoms with Crippen LogP contribution < -0.4 is 0 Å². The largest absolute Gasteiger partial charge is 0.198 e. The predicted octanol–water partition coefficient (Wildman–Crippen LogP) is 2.89. The average Bonchev–Trinajstić information content (AvgIpc) is 2.77. The Morgan fingerprint density at radius 2 is 2.36 bits per heavy atom. The Hall–Kier alpha value is -0.770. The lowest BCUT2D eigenvalue weighted by Gasteiger charge is -1.89. The first-order valence-corrected chi connectivity index (χ1v) is 4.43.